The average Bonchev–Trinajstić information content (AvgIpc) is 2.61. The summed E-state index contributed by atoms with van der Waals surface area (Å²) in [4.78, 5) is 37.0. The molecule has 0 heterocycles. The topological polar surface area (TPSA) is 66.5 Å². The highest BCUT2D eigenvalue weighted by molar-refractivity contribution is 5.96. The van der Waals surface area contributed by atoms with Gasteiger partial charge in [0.05, 0.1) is 0 Å². The quantitative estimate of drug-likeness (QED) is 0.778. The molecule has 0 spiro atoms. The number of ketones is 1. The van der Waals surface area contributed by atoms with Gasteiger partial charge >= 0.3 is 0 Å². The van der Waals surface area contributed by atoms with Crippen LogP contribution < -0.4 is 10.2 Å². The minimum Gasteiger partial charge on any atom is -0.352 e. The van der Waals surface area contributed by atoms with Crippen LogP contribution in [0.25, 0.3) is 0 Å². The van der Waals surface area contributed by atoms with Crippen LogP contribution in [-0.2, 0) is 16.1 Å². The SMILES string of the molecule is CC(=O)c1ccc(N(CCC(=O)NCc2ccccc2C)C(C)=O)cc1. The fourth-order valence-corrected chi connectivity index (χ4v) is 2.65. The molecule has 0 aliphatic heterocycles. The predicted molar refractivity (Wildman–Crippen MR) is 102 cm³/mol. The normalized spacial score (nSPS) is 10.3. The lowest BCUT2D eigenvalue weighted by atomic mass is 10.1. The third-order valence-electron chi connectivity index (χ3n) is 4.27. The lowest BCUT2D eigenvalue weighted by Gasteiger charge is -2.21. The van der Waals surface area contributed by atoms with E-state index in [9.17, 15) is 14.4 Å². The number of hydrogen-bond donors (Lipinski definition) is 1. The second-order valence-corrected chi connectivity index (χ2v) is 6.23. The number of amides is 2. The lowest BCUT2D eigenvalue weighted by molar-refractivity contribution is -0.121. The van der Waals surface area contributed by atoms with Gasteiger partial charge in [-0.3, -0.25) is 14.4 Å². The maximum absolute atomic E-state index is 12.1. The van der Waals surface area contributed by atoms with Gasteiger partial charge in [-0.05, 0) is 49.2 Å². The van der Waals surface area contributed by atoms with Crippen LogP contribution in [0.3, 0.4) is 0 Å². The van der Waals surface area contributed by atoms with Crippen LogP contribution >= 0.6 is 0 Å². The van der Waals surface area contributed by atoms with Gasteiger partial charge in [-0.1, -0.05) is 24.3 Å². The molecule has 0 aliphatic carbocycles. The molecule has 1 N–H and O–H groups in total. The molecule has 0 saturated carbocycles. The zero-order chi connectivity index (χ0) is 19.1. The van der Waals surface area contributed by atoms with E-state index in [0.29, 0.717) is 17.8 Å². The smallest absolute Gasteiger partial charge is 0.223 e. The van der Waals surface area contributed by atoms with Crippen LogP contribution in [0.5, 0.6) is 0 Å². The first kappa shape index (κ1) is 19.4. The maximum Gasteiger partial charge on any atom is 0.223 e. The molecule has 0 saturated heterocycles. The van der Waals surface area contributed by atoms with Gasteiger partial charge in [0.25, 0.3) is 0 Å². The number of carbonyl (C=O) groups excluding carboxylic acids is 3. The van der Waals surface area contributed by atoms with Crippen molar-refractivity contribution in [2.75, 3.05) is 11.4 Å². The van der Waals surface area contributed by atoms with Gasteiger partial charge in [0.15, 0.2) is 5.78 Å². The predicted octanol–water partition coefficient (Wildman–Crippen LogP) is 3.26. The minimum absolute atomic E-state index is 0.0264. The Kier molecular flexibility index (Phi) is 6.67. The molecule has 5 heteroatoms. The number of aryl methyl sites for hydroxylation is 1. The van der Waals surface area contributed by atoms with Crippen molar-refractivity contribution in [2.24, 2.45) is 0 Å². The van der Waals surface area contributed by atoms with Gasteiger partial charge in [0, 0.05) is 37.7 Å². The summed E-state index contributed by atoms with van der Waals surface area (Å²) in [7, 11) is 0. The first-order chi connectivity index (χ1) is 12.4. The van der Waals surface area contributed by atoms with Gasteiger partial charge in [-0.15, -0.1) is 0 Å². The first-order valence-corrected chi connectivity index (χ1v) is 8.59. The average molecular weight is 352 g/mol. The van der Waals surface area contributed by atoms with Crippen molar-refractivity contribution >= 4 is 23.3 Å². The molecule has 136 valence electrons. The van der Waals surface area contributed by atoms with Crippen molar-refractivity contribution in [3.63, 3.8) is 0 Å². The number of nitrogens with zero attached hydrogens (tertiary/aromatic N) is 1. The van der Waals surface area contributed by atoms with Gasteiger partial charge in [-0.2, -0.15) is 0 Å². The zero-order valence-electron chi connectivity index (χ0n) is 15.4. The molecule has 2 aromatic rings. The Bertz CT molecular complexity index is 797. The van der Waals surface area contributed by atoms with Crippen molar-refractivity contribution < 1.29 is 14.4 Å². The van der Waals surface area contributed by atoms with E-state index in [1.54, 1.807) is 24.3 Å². The Morgan fingerprint density at radius 2 is 1.62 bits per heavy atom. The van der Waals surface area contributed by atoms with Crippen LogP contribution in [0.15, 0.2) is 48.5 Å². The van der Waals surface area contributed by atoms with Crippen LogP contribution in [0.2, 0.25) is 0 Å². The van der Waals surface area contributed by atoms with Gasteiger partial charge < -0.3 is 10.2 Å². The van der Waals surface area contributed by atoms with Gasteiger partial charge in [0.2, 0.25) is 11.8 Å². The van der Waals surface area contributed by atoms with E-state index in [4.69, 9.17) is 0 Å². The third-order valence-corrected chi connectivity index (χ3v) is 4.27. The molecule has 5 nitrogen and oxygen atoms in total. The molecule has 2 rings (SSSR count). The molecule has 2 aromatic carbocycles. The largest absolute Gasteiger partial charge is 0.352 e. The van der Waals surface area contributed by atoms with Gasteiger partial charge in [0.1, 0.15) is 0 Å². The molecule has 2 amide bonds. The fourth-order valence-electron chi connectivity index (χ4n) is 2.65. The summed E-state index contributed by atoms with van der Waals surface area (Å²) < 4.78 is 0. The van der Waals surface area contributed by atoms with E-state index in [2.05, 4.69) is 5.32 Å². The summed E-state index contributed by atoms with van der Waals surface area (Å²) in [6.45, 7) is 5.72. The maximum atomic E-state index is 12.1. The Morgan fingerprint density at radius 1 is 0.962 bits per heavy atom. The molecular weight excluding hydrogens is 328 g/mol. The highest BCUT2D eigenvalue weighted by Crippen LogP contribution is 2.16. The van der Waals surface area contributed by atoms with Crippen molar-refractivity contribution in [3.8, 4) is 0 Å². The summed E-state index contributed by atoms with van der Waals surface area (Å²) in [6, 6.07) is 14.7. The van der Waals surface area contributed by atoms with Crippen LogP contribution in [0.1, 0.15) is 41.8 Å². The molecule has 0 fully saturated rings. The second-order valence-electron chi connectivity index (χ2n) is 6.23. The minimum atomic E-state index is -0.146. The van der Waals surface area contributed by atoms with Crippen molar-refractivity contribution in [3.05, 3.63) is 65.2 Å². The van der Waals surface area contributed by atoms with Crippen molar-refractivity contribution in [1.29, 1.82) is 0 Å². The van der Waals surface area contributed by atoms with Crippen molar-refractivity contribution in [1.82, 2.24) is 5.32 Å². The number of carbonyl (C=O) groups is 3. The van der Waals surface area contributed by atoms with Gasteiger partial charge in [-0.25, -0.2) is 0 Å². The van der Waals surface area contributed by atoms with Crippen molar-refractivity contribution in [2.45, 2.75) is 33.7 Å². The summed E-state index contributed by atoms with van der Waals surface area (Å²) in [5, 5.41) is 2.89. The van der Waals surface area contributed by atoms with E-state index in [1.807, 2.05) is 31.2 Å². The fraction of sp³-hybridized carbons (Fsp3) is 0.286. The number of hydrogen-bond acceptors (Lipinski definition) is 3. The van der Waals surface area contributed by atoms with E-state index in [1.165, 1.54) is 18.7 Å². The summed E-state index contributed by atoms with van der Waals surface area (Å²) in [5.74, 6) is -0.284. The molecule has 0 radical (unpaired) electrons. The molecule has 0 unspecified atom stereocenters. The number of nitrogens with one attached hydrogen (secondary N) is 1. The van der Waals surface area contributed by atoms with Crippen LogP contribution in [0.4, 0.5) is 5.69 Å². The molecule has 0 bridgehead atoms. The number of Topliss-reactive ketones (excluding diaryl/α,β-unsaturated/α-hetero) is 1. The summed E-state index contributed by atoms with van der Waals surface area (Å²) >= 11 is 0. The summed E-state index contributed by atoms with van der Waals surface area (Å²) in [6.07, 6.45) is 0.208. The Balaban J connectivity index is 1.93. The number of anilines is 1. The molecule has 0 aliphatic rings. The van der Waals surface area contributed by atoms with E-state index < -0.39 is 0 Å². The van der Waals surface area contributed by atoms with E-state index >= 15 is 0 Å². The molecular formula is C21H24N2O3. The Hall–Kier alpha value is -2.95. The van der Waals surface area contributed by atoms with E-state index in [-0.39, 0.29) is 30.6 Å². The Morgan fingerprint density at radius 3 is 2.19 bits per heavy atom. The van der Waals surface area contributed by atoms with Crippen LogP contribution in [0, 0.1) is 6.92 Å². The highest BCUT2D eigenvalue weighted by atomic mass is 16.2. The first-order valence-electron chi connectivity index (χ1n) is 8.59. The van der Waals surface area contributed by atoms with Crippen LogP contribution in [-0.4, -0.2) is 24.1 Å². The molecule has 0 atom stereocenters. The van der Waals surface area contributed by atoms with E-state index in [0.717, 1.165) is 11.1 Å². The molecule has 26 heavy (non-hydrogen) atoms. The monoisotopic (exact) mass is 352 g/mol. The standard InChI is InChI=1S/C21H24N2O3/c1-15-6-4-5-7-19(15)14-22-21(26)12-13-23(17(3)25)20-10-8-18(9-11-20)16(2)24/h4-11H,12-14H2,1-3H3,(H,22,26). The lowest BCUT2D eigenvalue weighted by Crippen LogP contribution is -2.33. The summed E-state index contributed by atoms with van der Waals surface area (Å²) in [5.41, 5.74) is 3.47. The zero-order valence-corrected chi connectivity index (χ0v) is 15.4. The third kappa shape index (κ3) is 5.28. The highest BCUT2D eigenvalue weighted by Gasteiger charge is 2.14. The second kappa shape index (κ2) is 8.94. The number of benzene rings is 2. The number of rotatable bonds is 7. The Labute approximate surface area is 154 Å². The molecule has 0 aromatic heterocycles.